The van der Waals surface area contributed by atoms with Gasteiger partial charge in [-0.2, -0.15) is 0 Å². The summed E-state index contributed by atoms with van der Waals surface area (Å²) in [6.07, 6.45) is 3.23. The predicted molar refractivity (Wildman–Crippen MR) is 73.0 cm³/mol. The SMILES string of the molecule is COc1cnccc1C(N)c1cc2cc(F)ccc2o1. The van der Waals surface area contributed by atoms with Crippen molar-refractivity contribution in [3.8, 4) is 5.75 Å². The molecule has 2 aromatic heterocycles. The van der Waals surface area contributed by atoms with Gasteiger partial charge >= 0.3 is 0 Å². The van der Waals surface area contributed by atoms with Crippen LogP contribution in [0.15, 0.2) is 47.1 Å². The molecule has 0 spiro atoms. The van der Waals surface area contributed by atoms with Crippen molar-refractivity contribution in [2.24, 2.45) is 5.73 Å². The van der Waals surface area contributed by atoms with Crippen LogP contribution in [-0.2, 0) is 0 Å². The van der Waals surface area contributed by atoms with Crippen LogP contribution < -0.4 is 10.5 Å². The average molecular weight is 272 g/mol. The van der Waals surface area contributed by atoms with Crippen molar-refractivity contribution in [2.45, 2.75) is 6.04 Å². The van der Waals surface area contributed by atoms with Gasteiger partial charge in [0.15, 0.2) is 0 Å². The molecule has 102 valence electrons. The third-order valence-corrected chi connectivity index (χ3v) is 3.18. The average Bonchev–Trinajstić information content (AvgIpc) is 2.89. The minimum absolute atomic E-state index is 0.306. The fourth-order valence-electron chi connectivity index (χ4n) is 2.16. The minimum atomic E-state index is -0.497. The number of nitrogens with two attached hydrogens (primary N) is 1. The molecule has 1 aromatic carbocycles. The maximum Gasteiger partial charge on any atom is 0.142 e. The molecule has 1 unspecified atom stereocenters. The smallest absolute Gasteiger partial charge is 0.142 e. The number of furan rings is 1. The Balaban J connectivity index is 2.05. The molecule has 4 nitrogen and oxygen atoms in total. The normalized spacial score (nSPS) is 12.6. The van der Waals surface area contributed by atoms with Crippen molar-refractivity contribution in [2.75, 3.05) is 7.11 Å². The van der Waals surface area contributed by atoms with E-state index in [0.717, 1.165) is 5.56 Å². The topological polar surface area (TPSA) is 61.3 Å². The number of hydrogen-bond donors (Lipinski definition) is 1. The molecule has 0 saturated carbocycles. The first-order chi connectivity index (χ1) is 9.69. The van der Waals surface area contributed by atoms with E-state index in [0.29, 0.717) is 22.5 Å². The van der Waals surface area contributed by atoms with Crippen LogP contribution in [0.5, 0.6) is 5.75 Å². The van der Waals surface area contributed by atoms with Crippen molar-refractivity contribution < 1.29 is 13.5 Å². The molecule has 0 aliphatic heterocycles. The van der Waals surface area contributed by atoms with Gasteiger partial charge in [-0.3, -0.25) is 4.98 Å². The van der Waals surface area contributed by atoms with E-state index < -0.39 is 6.04 Å². The molecule has 0 aliphatic carbocycles. The second kappa shape index (κ2) is 4.94. The summed E-state index contributed by atoms with van der Waals surface area (Å²) in [5, 5.41) is 0.684. The minimum Gasteiger partial charge on any atom is -0.495 e. The molecule has 5 heteroatoms. The van der Waals surface area contributed by atoms with Gasteiger partial charge in [-0.25, -0.2) is 4.39 Å². The fourth-order valence-corrected chi connectivity index (χ4v) is 2.16. The lowest BCUT2D eigenvalue weighted by molar-refractivity contribution is 0.402. The number of methoxy groups -OCH3 is 1. The molecule has 2 N–H and O–H groups in total. The number of halogens is 1. The highest BCUT2D eigenvalue weighted by molar-refractivity contribution is 5.78. The Morgan fingerprint density at radius 1 is 1.30 bits per heavy atom. The van der Waals surface area contributed by atoms with Crippen LogP contribution in [-0.4, -0.2) is 12.1 Å². The van der Waals surface area contributed by atoms with Crippen LogP contribution in [0.4, 0.5) is 4.39 Å². The zero-order valence-electron chi connectivity index (χ0n) is 10.8. The highest BCUT2D eigenvalue weighted by atomic mass is 19.1. The number of ether oxygens (including phenoxy) is 1. The molecule has 0 saturated heterocycles. The summed E-state index contributed by atoms with van der Waals surface area (Å²) in [5.74, 6) is 0.835. The Bertz CT molecular complexity index is 754. The Labute approximate surface area is 115 Å². The van der Waals surface area contributed by atoms with Crippen LogP contribution in [0.25, 0.3) is 11.0 Å². The lowest BCUT2D eigenvalue weighted by Crippen LogP contribution is -2.12. The van der Waals surface area contributed by atoms with E-state index in [2.05, 4.69) is 4.98 Å². The standard InChI is InChI=1S/C15H13FN2O2/c1-19-14-8-18-5-4-11(14)15(17)13-7-9-6-10(16)2-3-12(9)20-13/h2-8,15H,17H2,1H3. The van der Waals surface area contributed by atoms with Gasteiger partial charge < -0.3 is 14.9 Å². The van der Waals surface area contributed by atoms with E-state index in [9.17, 15) is 4.39 Å². The predicted octanol–water partition coefficient (Wildman–Crippen LogP) is 3.02. The van der Waals surface area contributed by atoms with Crippen LogP contribution in [0, 0.1) is 5.82 Å². The molecule has 0 fully saturated rings. The summed E-state index contributed by atoms with van der Waals surface area (Å²) in [5.41, 5.74) is 7.57. The van der Waals surface area contributed by atoms with Gasteiger partial charge in [-0.1, -0.05) is 0 Å². The highest BCUT2D eigenvalue weighted by Gasteiger charge is 2.18. The van der Waals surface area contributed by atoms with E-state index in [1.165, 1.54) is 12.1 Å². The van der Waals surface area contributed by atoms with Gasteiger partial charge in [-0.15, -0.1) is 0 Å². The number of pyridine rings is 1. The summed E-state index contributed by atoms with van der Waals surface area (Å²) < 4.78 is 24.1. The van der Waals surface area contributed by atoms with Crippen LogP contribution >= 0.6 is 0 Å². The van der Waals surface area contributed by atoms with Crippen LogP contribution in [0.1, 0.15) is 17.4 Å². The monoisotopic (exact) mass is 272 g/mol. The molecule has 3 rings (SSSR count). The number of hydrogen-bond acceptors (Lipinski definition) is 4. The highest BCUT2D eigenvalue weighted by Crippen LogP contribution is 2.31. The van der Waals surface area contributed by atoms with Gasteiger partial charge in [0.25, 0.3) is 0 Å². The maximum absolute atomic E-state index is 13.2. The Hall–Kier alpha value is -2.40. The zero-order valence-corrected chi connectivity index (χ0v) is 10.8. The van der Waals surface area contributed by atoms with Gasteiger partial charge in [0.1, 0.15) is 22.9 Å². The summed E-state index contributed by atoms with van der Waals surface area (Å²) in [6, 6.07) is 7.38. The largest absolute Gasteiger partial charge is 0.495 e. The number of benzene rings is 1. The van der Waals surface area contributed by atoms with Crippen molar-refractivity contribution >= 4 is 11.0 Å². The Morgan fingerprint density at radius 3 is 2.95 bits per heavy atom. The van der Waals surface area contributed by atoms with E-state index >= 15 is 0 Å². The summed E-state index contributed by atoms with van der Waals surface area (Å²) in [6.45, 7) is 0. The maximum atomic E-state index is 13.2. The van der Waals surface area contributed by atoms with E-state index in [1.807, 2.05) is 0 Å². The summed E-state index contributed by atoms with van der Waals surface area (Å²) in [7, 11) is 1.56. The van der Waals surface area contributed by atoms with Crippen molar-refractivity contribution in [3.63, 3.8) is 0 Å². The second-order valence-corrected chi connectivity index (χ2v) is 4.43. The zero-order chi connectivity index (χ0) is 14.1. The lowest BCUT2D eigenvalue weighted by atomic mass is 10.1. The molecular formula is C15H13FN2O2. The van der Waals surface area contributed by atoms with Crippen LogP contribution in [0.2, 0.25) is 0 Å². The quantitative estimate of drug-likeness (QED) is 0.796. The van der Waals surface area contributed by atoms with E-state index in [4.69, 9.17) is 14.9 Å². The molecule has 2 heterocycles. The second-order valence-electron chi connectivity index (χ2n) is 4.43. The number of fused-ring (bicyclic) bond motifs is 1. The number of rotatable bonds is 3. The lowest BCUT2D eigenvalue weighted by Gasteiger charge is -2.12. The number of aromatic nitrogens is 1. The van der Waals surface area contributed by atoms with Gasteiger partial charge in [-0.05, 0) is 30.3 Å². The molecule has 20 heavy (non-hydrogen) atoms. The molecule has 0 amide bonds. The first kappa shape index (κ1) is 12.6. The van der Waals surface area contributed by atoms with E-state index in [1.54, 1.807) is 37.7 Å². The van der Waals surface area contributed by atoms with E-state index in [-0.39, 0.29) is 5.82 Å². The fraction of sp³-hybridized carbons (Fsp3) is 0.133. The third kappa shape index (κ3) is 2.12. The Kier molecular flexibility index (Phi) is 3.12. The molecule has 0 bridgehead atoms. The van der Waals surface area contributed by atoms with Crippen molar-refractivity contribution in [1.82, 2.24) is 4.98 Å². The molecular weight excluding hydrogens is 259 g/mol. The molecule has 0 aliphatic rings. The molecule has 0 radical (unpaired) electrons. The Morgan fingerprint density at radius 2 is 2.15 bits per heavy atom. The van der Waals surface area contributed by atoms with Crippen molar-refractivity contribution in [1.29, 1.82) is 0 Å². The summed E-state index contributed by atoms with van der Waals surface area (Å²) >= 11 is 0. The molecule has 1 atom stereocenters. The summed E-state index contributed by atoms with van der Waals surface area (Å²) in [4.78, 5) is 3.99. The number of nitrogens with zero attached hydrogens (tertiary/aromatic N) is 1. The first-order valence-electron chi connectivity index (χ1n) is 6.11. The first-order valence-corrected chi connectivity index (χ1v) is 6.11. The third-order valence-electron chi connectivity index (χ3n) is 3.18. The van der Waals surface area contributed by atoms with Gasteiger partial charge in [0.05, 0.1) is 19.3 Å². The van der Waals surface area contributed by atoms with Gasteiger partial charge in [0, 0.05) is 17.1 Å². The van der Waals surface area contributed by atoms with Crippen molar-refractivity contribution in [3.05, 3.63) is 59.9 Å². The van der Waals surface area contributed by atoms with Crippen LogP contribution in [0.3, 0.4) is 0 Å². The molecule has 3 aromatic rings. The van der Waals surface area contributed by atoms with Gasteiger partial charge in [0.2, 0.25) is 0 Å².